The van der Waals surface area contributed by atoms with Gasteiger partial charge in [0, 0.05) is 12.8 Å². The molecule has 272 valence electrons. The van der Waals surface area contributed by atoms with Crippen molar-refractivity contribution < 1.29 is 97.4 Å². The first-order valence-corrected chi connectivity index (χ1v) is 20.4. The van der Waals surface area contributed by atoms with Crippen LogP contribution in [0.4, 0.5) is 0 Å². The van der Waals surface area contributed by atoms with Crippen molar-refractivity contribution in [3.63, 3.8) is 0 Å². The maximum atomic E-state index is 12.8. The van der Waals surface area contributed by atoms with Gasteiger partial charge in [-0.3, -0.25) is 9.59 Å². The summed E-state index contributed by atoms with van der Waals surface area (Å²) in [4.78, 5) is 47.9. The van der Waals surface area contributed by atoms with Crippen LogP contribution in [0.25, 0.3) is 0 Å². The van der Waals surface area contributed by atoms with Crippen molar-refractivity contribution in [1.82, 2.24) is 0 Å². The van der Waals surface area contributed by atoms with Crippen molar-refractivity contribution >= 4 is 19.6 Å². The molecule has 1 unspecified atom stereocenters. The van der Waals surface area contributed by atoms with Gasteiger partial charge in [-0.25, -0.2) is 0 Å². The number of Topliss-reactive ketones (excluding diaryl/α,β-unsaturated/α-hetero) is 1. The zero-order chi connectivity index (χ0) is 34.1. The average molecular weight is 719 g/mol. The molecular weight excluding hydrogens is 649 g/mol. The zero-order valence-corrected chi connectivity index (χ0v) is 36.5. The van der Waals surface area contributed by atoms with Crippen LogP contribution in [-0.4, -0.2) is 35.7 Å². The molecule has 0 aromatic heterocycles. The Kier molecular flexibility index (Phi) is 43.5. The van der Waals surface area contributed by atoms with Gasteiger partial charge in [0.25, 0.3) is 0 Å². The molecular formula is C37H69Na2O8P. The third kappa shape index (κ3) is 36.7. The summed E-state index contributed by atoms with van der Waals surface area (Å²) in [6.45, 7) is 3.65. The minimum absolute atomic E-state index is 0. The summed E-state index contributed by atoms with van der Waals surface area (Å²) < 4.78 is 21.1. The predicted molar refractivity (Wildman–Crippen MR) is 184 cm³/mol. The molecule has 1 N–H and O–H groups in total. The third-order valence-electron chi connectivity index (χ3n) is 8.53. The molecule has 0 aromatic rings. The van der Waals surface area contributed by atoms with Crippen LogP contribution in [0.2, 0.25) is 0 Å². The van der Waals surface area contributed by atoms with Crippen molar-refractivity contribution in [3.05, 3.63) is 12.2 Å². The number of esters is 1. The quantitative estimate of drug-likeness (QED) is 0.0347. The molecule has 0 aliphatic carbocycles. The first-order chi connectivity index (χ1) is 22.2. The molecule has 8 nitrogen and oxygen atoms in total. The van der Waals surface area contributed by atoms with Crippen LogP contribution < -0.4 is 68.9 Å². The number of carbonyl (C=O) groups excluding carboxylic acids is 2. The van der Waals surface area contributed by atoms with E-state index in [4.69, 9.17) is 4.74 Å². The second kappa shape index (κ2) is 39.2. The molecule has 0 aliphatic rings. The number of unbranched alkanes of at least 4 members (excludes halogenated alkanes) is 23. The van der Waals surface area contributed by atoms with Gasteiger partial charge in [0.15, 0.2) is 18.0 Å². The van der Waals surface area contributed by atoms with Crippen molar-refractivity contribution in [2.24, 2.45) is 0 Å². The summed E-state index contributed by atoms with van der Waals surface area (Å²) in [5.74, 6) is -1.30. The van der Waals surface area contributed by atoms with Crippen LogP contribution in [0, 0.1) is 0 Å². The molecule has 0 fully saturated rings. The fourth-order valence-corrected chi connectivity index (χ4v) is 6.23. The maximum absolute atomic E-state index is 12.8. The SMILES string of the molecule is CCCCCCCC/C=C\CCCCCCCC(=O)O[C@@H](CO)C(OP(=O)([O-])[O-])C(=O)CCCCCCCCCCCCCCC.[Na+].[Na+]. The number of phosphoric acid groups is 1. The van der Waals surface area contributed by atoms with E-state index in [0.29, 0.717) is 12.8 Å². The van der Waals surface area contributed by atoms with Gasteiger partial charge < -0.3 is 28.7 Å². The van der Waals surface area contributed by atoms with Gasteiger partial charge in [-0.2, -0.15) is 0 Å². The van der Waals surface area contributed by atoms with E-state index < -0.39 is 38.4 Å². The molecule has 0 saturated heterocycles. The van der Waals surface area contributed by atoms with Gasteiger partial charge in [-0.1, -0.05) is 154 Å². The number of ketones is 1. The number of ether oxygens (including phenoxy) is 1. The molecule has 0 radical (unpaired) electrons. The van der Waals surface area contributed by atoms with E-state index in [1.165, 1.54) is 89.9 Å². The standard InChI is InChI=1S/C37H71O8P.2Na/c1-3-5-7-9-11-13-15-17-18-20-22-24-26-28-30-32-36(40)44-35(33-38)37(45-46(41,42)43)34(39)31-29-27-25-23-21-19-16-14-12-10-8-6-4-2;;/h17-18,35,37-38H,3-16,19-33H2,1-2H3,(H2,41,42,43);;/q;2*+1/p-2/b18-17-;;/t35-,37?;;/m0../s1. The summed E-state index contributed by atoms with van der Waals surface area (Å²) in [6.07, 6.45) is 30.8. The minimum atomic E-state index is -5.54. The topological polar surface area (TPSA) is 136 Å². The number of phosphoric ester groups is 1. The monoisotopic (exact) mass is 718 g/mol. The van der Waals surface area contributed by atoms with E-state index in [2.05, 4.69) is 30.5 Å². The fourth-order valence-electron chi connectivity index (χ4n) is 5.69. The van der Waals surface area contributed by atoms with E-state index in [-0.39, 0.29) is 72.0 Å². The first-order valence-electron chi connectivity index (χ1n) is 18.9. The van der Waals surface area contributed by atoms with E-state index in [1.54, 1.807) is 0 Å². The molecule has 0 rings (SSSR count). The van der Waals surface area contributed by atoms with Crippen molar-refractivity contribution in [3.8, 4) is 0 Å². The summed E-state index contributed by atoms with van der Waals surface area (Å²) in [5, 5.41) is 9.77. The largest absolute Gasteiger partial charge is 1.00 e. The van der Waals surface area contributed by atoms with Gasteiger partial charge in [0.1, 0.15) is 0 Å². The number of rotatable bonds is 35. The van der Waals surface area contributed by atoms with E-state index >= 15 is 0 Å². The Morgan fingerprint density at radius 1 is 0.604 bits per heavy atom. The Hall–Kier alpha value is 0.950. The normalized spacial score (nSPS) is 12.8. The Morgan fingerprint density at radius 2 is 0.958 bits per heavy atom. The van der Waals surface area contributed by atoms with Crippen molar-refractivity contribution in [2.75, 3.05) is 6.61 Å². The number of allylic oxidation sites excluding steroid dienone is 2. The van der Waals surface area contributed by atoms with Crippen LogP contribution in [0.3, 0.4) is 0 Å². The summed E-state index contributed by atoms with van der Waals surface area (Å²) in [6, 6.07) is 0. The van der Waals surface area contributed by atoms with Crippen LogP contribution in [-0.2, 0) is 23.4 Å². The number of carbonyl (C=O) groups is 2. The molecule has 0 amide bonds. The van der Waals surface area contributed by atoms with Crippen molar-refractivity contribution in [1.29, 1.82) is 0 Å². The zero-order valence-electron chi connectivity index (χ0n) is 31.6. The molecule has 48 heavy (non-hydrogen) atoms. The van der Waals surface area contributed by atoms with Crippen LogP contribution in [0.5, 0.6) is 0 Å². The number of hydrogen-bond donors (Lipinski definition) is 1. The van der Waals surface area contributed by atoms with Crippen LogP contribution >= 0.6 is 7.82 Å². The second-order valence-corrected chi connectivity index (χ2v) is 14.1. The molecule has 2 atom stereocenters. The van der Waals surface area contributed by atoms with E-state index in [1.807, 2.05) is 0 Å². The van der Waals surface area contributed by atoms with Gasteiger partial charge in [0.2, 0.25) is 0 Å². The van der Waals surface area contributed by atoms with Gasteiger partial charge >= 0.3 is 65.1 Å². The molecule has 0 heterocycles. The number of aliphatic hydroxyl groups excluding tert-OH is 1. The summed E-state index contributed by atoms with van der Waals surface area (Å²) in [7, 11) is -5.54. The Morgan fingerprint density at radius 3 is 1.33 bits per heavy atom. The molecule has 0 saturated carbocycles. The molecule has 0 aromatic carbocycles. The number of hydrogen-bond acceptors (Lipinski definition) is 8. The van der Waals surface area contributed by atoms with Gasteiger partial charge in [-0.05, 0) is 38.5 Å². The van der Waals surface area contributed by atoms with E-state index in [9.17, 15) is 29.0 Å². The minimum Gasteiger partial charge on any atom is -0.790 e. The fraction of sp³-hybridized carbons (Fsp3) is 0.892. The smallest absolute Gasteiger partial charge is 0.790 e. The van der Waals surface area contributed by atoms with Crippen molar-refractivity contribution in [2.45, 2.75) is 206 Å². The molecule has 11 heteroatoms. The summed E-state index contributed by atoms with van der Waals surface area (Å²) >= 11 is 0. The molecule has 0 aliphatic heterocycles. The Labute approximate surface area is 338 Å². The Bertz CT molecular complexity index is 793. The third-order valence-corrected chi connectivity index (χ3v) is 9.02. The summed E-state index contributed by atoms with van der Waals surface area (Å²) in [5.41, 5.74) is 0. The molecule has 0 spiro atoms. The first kappa shape index (κ1) is 53.3. The second-order valence-electron chi connectivity index (χ2n) is 13.0. The van der Waals surface area contributed by atoms with Crippen LogP contribution in [0.1, 0.15) is 194 Å². The van der Waals surface area contributed by atoms with Gasteiger partial charge in [-0.15, -0.1) is 0 Å². The average Bonchev–Trinajstić information content (AvgIpc) is 3.02. The molecule has 0 bridgehead atoms. The predicted octanol–water partition coefficient (Wildman–Crippen LogP) is 3.20. The number of aliphatic hydroxyl groups is 1. The maximum Gasteiger partial charge on any atom is 1.00 e. The van der Waals surface area contributed by atoms with E-state index in [0.717, 1.165) is 64.2 Å². The van der Waals surface area contributed by atoms with Gasteiger partial charge in [0.05, 0.1) is 14.4 Å². The Balaban J connectivity index is -0.0000101. The van der Waals surface area contributed by atoms with Crippen LogP contribution in [0.15, 0.2) is 12.2 Å².